The van der Waals surface area contributed by atoms with Gasteiger partial charge in [-0.3, -0.25) is 0 Å². The molecule has 25 heavy (non-hydrogen) atoms. The van der Waals surface area contributed by atoms with Crippen LogP contribution in [0.4, 0.5) is 13.2 Å². The SMILES string of the molecule is CCOC(=O)c1[nH]c2ccccc2c1Cc1cccc(C(F)(F)F)c1. The van der Waals surface area contributed by atoms with Crippen molar-refractivity contribution in [1.82, 2.24) is 4.98 Å². The predicted molar refractivity (Wildman–Crippen MR) is 88.5 cm³/mol. The van der Waals surface area contributed by atoms with E-state index < -0.39 is 17.7 Å². The van der Waals surface area contributed by atoms with Gasteiger partial charge in [0, 0.05) is 17.3 Å². The lowest BCUT2D eigenvalue weighted by atomic mass is 10.00. The van der Waals surface area contributed by atoms with Crippen LogP contribution in [0, 0.1) is 0 Å². The maximum Gasteiger partial charge on any atom is 0.416 e. The molecule has 0 fully saturated rings. The number of H-pyrrole nitrogens is 1. The van der Waals surface area contributed by atoms with Gasteiger partial charge in [0.15, 0.2) is 0 Å². The number of benzene rings is 2. The monoisotopic (exact) mass is 347 g/mol. The molecular formula is C19H16F3NO2. The summed E-state index contributed by atoms with van der Waals surface area (Å²) in [7, 11) is 0. The molecule has 130 valence electrons. The van der Waals surface area contributed by atoms with Crippen LogP contribution in [0.15, 0.2) is 48.5 Å². The predicted octanol–water partition coefficient (Wildman–Crippen LogP) is 4.95. The van der Waals surface area contributed by atoms with Gasteiger partial charge in [-0.05, 0) is 30.2 Å². The molecule has 0 unspecified atom stereocenters. The minimum Gasteiger partial charge on any atom is -0.461 e. The third-order valence-electron chi connectivity index (χ3n) is 3.93. The van der Waals surface area contributed by atoms with Gasteiger partial charge >= 0.3 is 12.1 Å². The summed E-state index contributed by atoms with van der Waals surface area (Å²) in [5.41, 5.74) is 1.43. The van der Waals surface area contributed by atoms with Crippen LogP contribution in [-0.4, -0.2) is 17.6 Å². The van der Waals surface area contributed by atoms with E-state index >= 15 is 0 Å². The summed E-state index contributed by atoms with van der Waals surface area (Å²) in [5.74, 6) is -0.513. The Balaban J connectivity index is 2.06. The largest absolute Gasteiger partial charge is 0.461 e. The van der Waals surface area contributed by atoms with Crippen molar-refractivity contribution >= 4 is 16.9 Å². The fourth-order valence-electron chi connectivity index (χ4n) is 2.82. The van der Waals surface area contributed by atoms with Crippen molar-refractivity contribution < 1.29 is 22.7 Å². The van der Waals surface area contributed by atoms with Crippen LogP contribution in [0.2, 0.25) is 0 Å². The molecule has 0 aliphatic heterocycles. The summed E-state index contributed by atoms with van der Waals surface area (Å²) in [6, 6.07) is 12.4. The number of ether oxygens (including phenoxy) is 1. The zero-order valence-corrected chi connectivity index (χ0v) is 13.5. The van der Waals surface area contributed by atoms with Crippen molar-refractivity contribution in [3.8, 4) is 0 Å². The number of rotatable bonds is 4. The van der Waals surface area contributed by atoms with E-state index in [1.165, 1.54) is 6.07 Å². The van der Waals surface area contributed by atoms with E-state index in [4.69, 9.17) is 4.74 Å². The molecule has 2 aromatic carbocycles. The summed E-state index contributed by atoms with van der Waals surface area (Å²) in [5, 5.41) is 0.794. The number of fused-ring (bicyclic) bond motifs is 1. The average Bonchev–Trinajstić information content (AvgIpc) is 2.93. The maximum atomic E-state index is 12.9. The van der Waals surface area contributed by atoms with Gasteiger partial charge in [0.2, 0.25) is 0 Å². The lowest BCUT2D eigenvalue weighted by Gasteiger charge is -2.09. The van der Waals surface area contributed by atoms with Gasteiger partial charge in [0.05, 0.1) is 12.2 Å². The molecular weight excluding hydrogens is 331 g/mol. The van der Waals surface area contributed by atoms with Gasteiger partial charge < -0.3 is 9.72 Å². The molecule has 3 nitrogen and oxygen atoms in total. The van der Waals surface area contributed by atoms with Crippen molar-refractivity contribution in [3.63, 3.8) is 0 Å². The number of aromatic nitrogens is 1. The second-order valence-corrected chi connectivity index (χ2v) is 5.62. The molecule has 0 atom stereocenters. The number of alkyl halides is 3. The molecule has 0 aliphatic rings. The first-order valence-corrected chi connectivity index (χ1v) is 7.83. The molecule has 6 heteroatoms. The van der Waals surface area contributed by atoms with Gasteiger partial charge in [0.1, 0.15) is 5.69 Å². The van der Waals surface area contributed by atoms with Crippen LogP contribution < -0.4 is 0 Å². The summed E-state index contributed by atoms with van der Waals surface area (Å²) in [4.78, 5) is 15.2. The smallest absolute Gasteiger partial charge is 0.416 e. The fraction of sp³-hybridized carbons (Fsp3) is 0.211. The standard InChI is InChI=1S/C19H16F3NO2/c1-2-25-18(24)17-15(14-8-3-4-9-16(14)23-17)11-12-6-5-7-13(10-12)19(20,21)22/h3-10,23H,2,11H2,1H3. The number of nitrogens with one attached hydrogen (secondary N) is 1. The topological polar surface area (TPSA) is 42.1 Å². The third-order valence-corrected chi connectivity index (χ3v) is 3.93. The molecule has 0 aliphatic carbocycles. The van der Waals surface area contributed by atoms with E-state index in [0.717, 1.165) is 23.0 Å². The Morgan fingerprint density at radius 2 is 1.88 bits per heavy atom. The van der Waals surface area contributed by atoms with Gasteiger partial charge in [-0.2, -0.15) is 13.2 Å². The minimum absolute atomic E-state index is 0.197. The van der Waals surface area contributed by atoms with E-state index in [-0.39, 0.29) is 18.7 Å². The van der Waals surface area contributed by atoms with Crippen LogP contribution in [0.3, 0.4) is 0 Å². The number of para-hydroxylation sites is 1. The number of hydrogen-bond acceptors (Lipinski definition) is 2. The Kier molecular flexibility index (Phi) is 4.53. The molecule has 1 aromatic heterocycles. The van der Waals surface area contributed by atoms with Crippen LogP contribution >= 0.6 is 0 Å². The lowest BCUT2D eigenvalue weighted by molar-refractivity contribution is -0.137. The summed E-state index contributed by atoms with van der Waals surface area (Å²) in [6.45, 7) is 1.92. The average molecular weight is 347 g/mol. The number of aromatic amines is 1. The highest BCUT2D eigenvalue weighted by atomic mass is 19.4. The zero-order chi connectivity index (χ0) is 18.0. The molecule has 3 aromatic rings. The molecule has 3 rings (SSSR count). The second kappa shape index (κ2) is 6.63. The molecule has 0 amide bonds. The summed E-state index contributed by atoms with van der Waals surface area (Å²) in [6.07, 6.45) is -4.21. The van der Waals surface area contributed by atoms with Crippen LogP contribution in [0.5, 0.6) is 0 Å². The highest BCUT2D eigenvalue weighted by Gasteiger charge is 2.30. The summed E-state index contributed by atoms with van der Waals surface area (Å²) >= 11 is 0. The van der Waals surface area contributed by atoms with Crippen molar-refractivity contribution in [2.75, 3.05) is 6.61 Å². The van der Waals surface area contributed by atoms with E-state index in [1.807, 2.05) is 24.3 Å². The molecule has 1 heterocycles. The van der Waals surface area contributed by atoms with Gasteiger partial charge in [-0.25, -0.2) is 4.79 Å². The number of carbonyl (C=O) groups is 1. The summed E-state index contributed by atoms with van der Waals surface area (Å²) < 4.78 is 43.8. The first-order valence-electron chi connectivity index (χ1n) is 7.83. The highest BCUT2D eigenvalue weighted by Crippen LogP contribution is 2.31. The Labute approximate surface area is 142 Å². The molecule has 0 saturated carbocycles. The number of halogens is 3. The first kappa shape index (κ1) is 17.1. The van der Waals surface area contributed by atoms with Crippen molar-refractivity contribution in [3.05, 3.63) is 70.9 Å². The van der Waals surface area contributed by atoms with E-state index in [1.54, 1.807) is 13.0 Å². The van der Waals surface area contributed by atoms with Crippen LogP contribution in [-0.2, 0) is 17.3 Å². The van der Waals surface area contributed by atoms with E-state index in [9.17, 15) is 18.0 Å². The normalized spacial score (nSPS) is 11.7. The lowest BCUT2D eigenvalue weighted by Crippen LogP contribution is -2.09. The van der Waals surface area contributed by atoms with Gasteiger partial charge in [0.25, 0.3) is 0 Å². The third kappa shape index (κ3) is 3.52. The van der Waals surface area contributed by atoms with Crippen molar-refractivity contribution in [2.24, 2.45) is 0 Å². The number of hydrogen-bond donors (Lipinski definition) is 1. The highest BCUT2D eigenvalue weighted by molar-refractivity contribution is 5.98. The maximum absolute atomic E-state index is 12.9. The molecule has 0 spiro atoms. The Morgan fingerprint density at radius 1 is 1.12 bits per heavy atom. The fourth-order valence-corrected chi connectivity index (χ4v) is 2.82. The Hall–Kier alpha value is -2.76. The van der Waals surface area contributed by atoms with Gasteiger partial charge in [-0.1, -0.05) is 36.4 Å². The van der Waals surface area contributed by atoms with Gasteiger partial charge in [-0.15, -0.1) is 0 Å². The Morgan fingerprint density at radius 3 is 2.60 bits per heavy atom. The van der Waals surface area contributed by atoms with Crippen molar-refractivity contribution in [2.45, 2.75) is 19.5 Å². The van der Waals surface area contributed by atoms with E-state index in [0.29, 0.717) is 11.1 Å². The first-order chi connectivity index (χ1) is 11.9. The molecule has 0 radical (unpaired) electrons. The minimum atomic E-state index is -4.40. The van der Waals surface area contributed by atoms with Crippen molar-refractivity contribution in [1.29, 1.82) is 0 Å². The zero-order valence-electron chi connectivity index (χ0n) is 13.5. The quantitative estimate of drug-likeness (QED) is 0.678. The number of carbonyl (C=O) groups excluding carboxylic acids is 1. The van der Waals surface area contributed by atoms with Crippen LogP contribution in [0.25, 0.3) is 10.9 Å². The second-order valence-electron chi connectivity index (χ2n) is 5.62. The van der Waals surface area contributed by atoms with Crippen LogP contribution in [0.1, 0.15) is 34.1 Å². The van der Waals surface area contributed by atoms with E-state index in [2.05, 4.69) is 4.98 Å². The molecule has 1 N–H and O–H groups in total. The Bertz CT molecular complexity index is 912. The molecule has 0 bridgehead atoms. The number of esters is 1. The molecule has 0 saturated heterocycles.